The van der Waals surface area contributed by atoms with Gasteiger partial charge in [-0.05, 0) is 44.4 Å². The first-order chi connectivity index (χ1) is 13.1. The van der Waals surface area contributed by atoms with E-state index in [0.717, 1.165) is 56.8 Å². The van der Waals surface area contributed by atoms with Crippen LogP contribution in [-0.4, -0.2) is 58.8 Å². The molecular formula is C21H30N4O2. The Morgan fingerprint density at radius 1 is 1.22 bits per heavy atom. The first-order valence-electron chi connectivity index (χ1n) is 9.76. The summed E-state index contributed by atoms with van der Waals surface area (Å²) in [5.74, 6) is 0.894. The highest BCUT2D eigenvalue weighted by Gasteiger charge is 2.17. The minimum absolute atomic E-state index is 0.0921. The zero-order chi connectivity index (χ0) is 19.1. The van der Waals surface area contributed by atoms with Gasteiger partial charge in [0.2, 0.25) is 0 Å². The molecule has 0 spiro atoms. The van der Waals surface area contributed by atoms with Crippen molar-refractivity contribution in [3.63, 3.8) is 0 Å². The lowest BCUT2D eigenvalue weighted by molar-refractivity contribution is -0.134. The van der Waals surface area contributed by atoms with E-state index in [9.17, 15) is 4.79 Å². The van der Waals surface area contributed by atoms with Gasteiger partial charge in [0.1, 0.15) is 5.75 Å². The number of hydrogen-bond acceptors (Lipinski definition) is 4. The molecule has 1 aromatic heterocycles. The lowest BCUT2D eigenvalue weighted by Crippen LogP contribution is -2.38. The number of benzene rings is 1. The fourth-order valence-corrected chi connectivity index (χ4v) is 3.44. The van der Waals surface area contributed by atoms with Crippen molar-refractivity contribution in [3.05, 3.63) is 47.8 Å². The summed E-state index contributed by atoms with van der Waals surface area (Å²) in [7, 11) is 4.04. The zero-order valence-electron chi connectivity index (χ0n) is 16.4. The van der Waals surface area contributed by atoms with Gasteiger partial charge in [-0.3, -0.25) is 9.48 Å². The molecule has 1 saturated heterocycles. The second-order valence-corrected chi connectivity index (χ2v) is 7.35. The number of para-hydroxylation sites is 1. The number of hydrogen-bond donors (Lipinski definition) is 0. The molecule has 0 N–H and O–H groups in total. The van der Waals surface area contributed by atoms with Gasteiger partial charge in [0.15, 0.2) is 6.61 Å². The Morgan fingerprint density at radius 2 is 2.00 bits per heavy atom. The second kappa shape index (κ2) is 9.55. The molecule has 0 radical (unpaired) electrons. The van der Waals surface area contributed by atoms with Crippen molar-refractivity contribution in [1.29, 1.82) is 0 Å². The Labute approximate surface area is 161 Å². The predicted molar refractivity (Wildman–Crippen MR) is 106 cm³/mol. The van der Waals surface area contributed by atoms with E-state index in [4.69, 9.17) is 4.74 Å². The van der Waals surface area contributed by atoms with Crippen molar-refractivity contribution >= 4 is 5.91 Å². The number of nitrogens with zero attached hydrogens (tertiary/aromatic N) is 4. The molecule has 2 heterocycles. The summed E-state index contributed by atoms with van der Waals surface area (Å²) in [5, 5.41) is 4.21. The van der Waals surface area contributed by atoms with Gasteiger partial charge in [0.05, 0.1) is 6.20 Å². The van der Waals surface area contributed by atoms with Gasteiger partial charge < -0.3 is 14.5 Å². The molecule has 0 atom stereocenters. The Balaban J connectivity index is 1.51. The molecule has 0 bridgehead atoms. The summed E-state index contributed by atoms with van der Waals surface area (Å²) in [6, 6.07) is 8.00. The van der Waals surface area contributed by atoms with Crippen LogP contribution in [-0.2, 0) is 24.8 Å². The van der Waals surface area contributed by atoms with E-state index in [2.05, 4.69) is 29.3 Å². The Bertz CT molecular complexity index is 737. The molecular weight excluding hydrogens is 340 g/mol. The Kier molecular flexibility index (Phi) is 6.87. The molecule has 3 rings (SSSR count). The predicted octanol–water partition coefficient (Wildman–Crippen LogP) is 2.49. The van der Waals surface area contributed by atoms with Crippen molar-refractivity contribution in [2.45, 2.75) is 32.2 Å². The number of carbonyl (C=O) groups is 1. The van der Waals surface area contributed by atoms with E-state index < -0.39 is 0 Å². The van der Waals surface area contributed by atoms with Crippen LogP contribution in [0.1, 0.15) is 30.4 Å². The van der Waals surface area contributed by atoms with Crippen molar-refractivity contribution in [2.75, 3.05) is 33.3 Å². The first kappa shape index (κ1) is 19.4. The van der Waals surface area contributed by atoms with Crippen LogP contribution in [0.15, 0.2) is 36.7 Å². The summed E-state index contributed by atoms with van der Waals surface area (Å²) < 4.78 is 7.72. The van der Waals surface area contributed by atoms with E-state index in [1.54, 1.807) is 0 Å². The number of aromatic nitrogens is 2. The molecule has 0 aliphatic carbocycles. The SMILES string of the molecule is CN(CCc1cnn(C)c1)Cc1ccccc1OCC(=O)N1CCCCC1. The number of aryl methyl sites for hydroxylation is 1. The summed E-state index contributed by atoms with van der Waals surface area (Å²) >= 11 is 0. The Hall–Kier alpha value is -2.34. The molecule has 146 valence electrons. The summed E-state index contributed by atoms with van der Waals surface area (Å²) in [6.45, 7) is 3.57. The van der Waals surface area contributed by atoms with Gasteiger partial charge in [0.25, 0.3) is 5.91 Å². The third-order valence-electron chi connectivity index (χ3n) is 5.01. The Morgan fingerprint density at radius 3 is 2.74 bits per heavy atom. The number of piperidine rings is 1. The van der Waals surface area contributed by atoms with Crippen LogP contribution in [0.4, 0.5) is 0 Å². The summed E-state index contributed by atoms with van der Waals surface area (Å²) in [5.41, 5.74) is 2.35. The lowest BCUT2D eigenvalue weighted by Gasteiger charge is -2.27. The minimum Gasteiger partial charge on any atom is -0.483 e. The van der Waals surface area contributed by atoms with Crippen molar-refractivity contribution in [2.24, 2.45) is 7.05 Å². The normalized spacial score (nSPS) is 14.6. The van der Waals surface area contributed by atoms with Crippen molar-refractivity contribution in [1.82, 2.24) is 19.6 Å². The van der Waals surface area contributed by atoms with Crippen LogP contribution in [0.5, 0.6) is 5.75 Å². The van der Waals surface area contributed by atoms with E-state index in [0.29, 0.717) is 0 Å². The van der Waals surface area contributed by atoms with E-state index in [-0.39, 0.29) is 12.5 Å². The van der Waals surface area contributed by atoms with Gasteiger partial charge in [0, 0.05) is 45.0 Å². The molecule has 1 aromatic carbocycles. The maximum atomic E-state index is 12.3. The zero-order valence-corrected chi connectivity index (χ0v) is 16.4. The van der Waals surface area contributed by atoms with Crippen LogP contribution in [0.25, 0.3) is 0 Å². The molecule has 0 unspecified atom stereocenters. The van der Waals surface area contributed by atoms with Crippen LogP contribution >= 0.6 is 0 Å². The highest BCUT2D eigenvalue weighted by Crippen LogP contribution is 2.20. The fraction of sp³-hybridized carbons (Fsp3) is 0.524. The summed E-state index contributed by atoms with van der Waals surface area (Å²) in [4.78, 5) is 16.5. The molecule has 1 amide bonds. The number of ether oxygens (including phenoxy) is 1. The van der Waals surface area contributed by atoms with Gasteiger partial charge >= 0.3 is 0 Å². The monoisotopic (exact) mass is 370 g/mol. The van der Waals surface area contributed by atoms with Crippen molar-refractivity contribution in [3.8, 4) is 5.75 Å². The third kappa shape index (κ3) is 5.82. The average Bonchev–Trinajstić information content (AvgIpc) is 3.11. The van der Waals surface area contributed by atoms with Crippen LogP contribution in [0, 0.1) is 0 Å². The summed E-state index contributed by atoms with van der Waals surface area (Å²) in [6.07, 6.45) is 8.35. The maximum Gasteiger partial charge on any atom is 0.260 e. The fourth-order valence-electron chi connectivity index (χ4n) is 3.44. The molecule has 1 aliphatic rings. The number of carbonyl (C=O) groups excluding carboxylic acids is 1. The standard InChI is InChI=1S/C21H30N4O2/c1-23(13-10-18-14-22-24(2)15-18)16-19-8-4-5-9-20(19)27-17-21(26)25-11-6-3-7-12-25/h4-5,8-9,14-15H,3,6-7,10-13,16-17H2,1-2H3. The number of rotatable bonds is 8. The van der Waals surface area contributed by atoms with Crippen molar-refractivity contribution < 1.29 is 9.53 Å². The number of likely N-dealkylation sites (tertiary alicyclic amines) is 1. The lowest BCUT2D eigenvalue weighted by atomic mass is 10.1. The van der Waals surface area contributed by atoms with Gasteiger partial charge in [-0.2, -0.15) is 5.10 Å². The topological polar surface area (TPSA) is 50.6 Å². The van der Waals surface area contributed by atoms with Crippen LogP contribution < -0.4 is 4.74 Å². The highest BCUT2D eigenvalue weighted by molar-refractivity contribution is 5.77. The quantitative estimate of drug-likeness (QED) is 0.716. The van der Waals surface area contributed by atoms with Crippen LogP contribution in [0.2, 0.25) is 0 Å². The minimum atomic E-state index is 0.0921. The smallest absolute Gasteiger partial charge is 0.260 e. The maximum absolute atomic E-state index is 12.3. The highest BCUT2D eigenvalue weighted by atomic mass is 16.5. The first-order valence-corrected chi connectivity index (χ1v) is 9.76. The third-order valence-corrected chi connectivity index (χ3v) is 5.01. The molecule has 27 heavy (non-hydrogen) atoms. The molecule has 6 heteroatoms. The van der Waals surface area contributed by atoms with Gasteiger partial charge in [-0.15, -0.1) is 0 Å². The molecule has 1 fully saturated rings. The average molecular weight is 370 g/mol. The van der Waals surface area contributed by atoms with E-state index in [1.165, 1.54) is 12.0 Å². The molecule has 2 aromatic rings. The molecule has 1 aliphatic heterocycles. The number of likely N-dealkylation sites (N-methyl/N-ethyl adjacent to an activating group) is 1. The van der Waals surface area contributed by atoms with E-state index >= 15 is 0 Å². The molecule has 6 nitrogen and oxygen atoms in total. The van der Waals surface area contributed by atoms with Crippen LogP contribution in [0.3, 0.4) is 0 Å². The van der Waals surface area contributed by atoms with Gasteiger partial charge in [-0.25, -0.2) is 0 Å². The van der Waals surface area contributed by atoms with Gasteiger partial charge in [-0.1, -0.05) is 18.2 Å². The second-order valence-electron chi connectivity index (χ2n) is 7.35. The largest absolute Gasteiger partial charge is 0.483 e. The molecule has 0 saturated carbocycles. The number of amides is 1. The van der Waals surface area contributed by atoms with E-state index in [1.807, 2.05) is 41.0 Å².